The van der Waals surface area contributed by atoms with E-state index in [9.17, 15) is 9.90 Å². The molecule has 0 bridgehead atoms. The molecule has 1 unspecified atom stereocenters. The van der Waals surface area contributed by atoms with E-state index in [1.807, 2.05) is 0 Å². The van der Waals surface area contributed by atoms with Crippen molar-refractivity contribution in [2.24, 2.45) is 0 Å². The van der Waals surface area contributed by atoms with Crippen LogP contribution < -0.4 is 5.32 Å². The molecule has 1 aliphatic heterocycles. The monoisotopic (exact) mass is 278 g/mol. The van der Waals surface area contributed by atoms with Gasteiger partial charge in [0, 0.05) is 25.6 Å². The molecular weight excluding hydrogens is 264 g/mol. The number of aliphatic hydroxyl groups is 1. The molecule has 1 fully saturated rings. The third kappa shape index (κ3) is 2.59. The van der Waals surface area contributed by atoms with Crippen LogP contribution in [0.4, 0.5) is 0 Å². The second-order valence-electron chi connectivity index (χ2n) is 4.76. The summed E-state index contributed by atoms with van der Waals surface area (Å²) in [7, 11) is 0. The lowest BCUT2D eigenvalue weighted by Crippen LogP contribution is -2.43. The molecule has 1 saturated heterocycles. The van der Waals surface area contributed by atoms with Gasteiger partial charge in [0.2, 0.25) is 5.76 Å². The summed E-state index contributed by atoms with van der Waals surface area (Å²) in [5, 5.41) is 16.3. The summed E-state index contributed by atoms with van der Waals surface area (Å²) < 4.78 is 15.3. The summed E-state index contributed by atoms with van der Waals surface area (Å²) >= 11 is 0. The SMILES string of the molecule is O=C(NCC1(O)CCOC1)c1cc(-c2ccco2)on1. The van der Waals surface area contributed by atoms with E-state index in [0.717, 1.165) is 0 Å². The van der Waals surface area contributed by atoms with Gasteiger partial charge in [0.15, 0.2) is 11.5 Å². The van der Waals surface area contributed by atoms with Crippen LogP contribution in [-0.4, -0.2) is 41.5 Å². The van der Waals surface area contributed by atoms with Crippen LogP contribution in [0.5, 0.6) is 0 Å². The summed E-state index contributed by atoms with van der Waals surface area (Å²) in [6.07, 6.45) is 2.01. The highest BCUT2D eigenvalue weighted by Crippen LogP contribution is 2.21. The van der Waals surface area contributed by atoms with Gasteiger partial charge in [-0.15, -0.1) is 0 Å². The Labute approximate surface area is 114 Å². The van der Waals surface area contributed by atoms with E-state index in [-0.39, 0.29) is 18.8 Å². The van der Waals surface area contributed by atoms with Crippen molar-refractivity contribution in [1.29, 1.82) is 0 Å². The zero-order valence-electron chi connectivity index (χ0n) is 10.7. The Morgan fingerprint density at radius 3 is 3.10 bits per heavy atom. The van der Waals surface area contributed by atoms with Crippen molar-refractivity contribution < 1.29 is 23.6 Å². The lowest BCUT2D eigenvalue weighted by molar-refractivity contribution is 0.0263. The number of carbonyl (C=O) groups is 1. The zero-order chi connectivity index (χ0) is 14.0. The maximum Gasteiger partial charge on any atom is 0.273 e. The summed E-state index contributed by atoms with van der Waals surface area (Å²) in [6.45, 7) is 0.845. The van der Waals surface area contributed by atoms with Gasteiger partial charge in [-0.05, 0) is 12.1 Å². The molecule has 7 nitrogen and oxygen atoms in total. The number of rotatable bonds is 4. The van der Waals surface area contributed by atoms with Crippen LogP contribution in [0.1, 0.15) is 16.9 Å². The molecule has 7 heteroatoms. The molecule has 1 amide bonds. The van der Waals surface area contributed by atoms with E-state index in [4.69, 9.17) is 13.7 Å². The van der Waals surface area contributed by atoms with Gasteiger partial charge >= 0.3 is 0 Å². The Hall–Kier alpha value is -2.12. The summed E-state index contributed by atoms with van der Waals surface area (Å²) in [5.74, 6) is 0.467. The fourth-order valence-corrected chi connectivity index (χ4v) is 1.99. The number of furan rings is 1. The van der Waals surface area contributed by atoms with Crippen LogP contribution >= 0.6 is 0 Å². The van der Waals surface area contributed by atoms with Gasteiger partial charge in [0.25, 0.3) is 5.91 Å². The van der Waals surface area contributed by atoms with Crippen LogP contribution in [0.25, 0.3) is 11.5 Å². The van der Waals surface area contributed by atoms with Crippen molar-refractivity contribution in [3.63, 3.8) is 0 Å². The first kappa shape index (κ1) is 12.9. The number of aromatic nitrogens is 1. The molecule has 0 aliphatic carbocycles. The van der Waals surface area contributed by atoms with E-state index in [2.05, 4.69) is 10.5 Å². The van der Waals surface area contributed by atoms with Gasteiger partial charge in [-0.2, -0.15) is 0 Å². The molecule has 106 valence electrons. The first-order chi connectivity index (χ1) is 9.66. The number of amides is 1. The highest BCUT2D eigenvalue weighted by molar-refractivity contribution is 5.92. The van der Waals surface area contributed by atoms with Crippen molar-refractivity contribution in [1.82, 2.24) is 10.5 Å². The minimum Gasteiger partial charge on any atom is -0.461 e. The minimum atomic E-state index is -0.997. The van der Waals surface area contributed by atoms with Gasteiger partial charge in [0.05, 0.1) is 12.9 Å². The molecule has 2 aromatic heterocycles. The largest absolute Gasteiger partial charge is 0.461 e. The van der Waals surface area contributed by atoms with Crippen LogP contribution in [-0.2, 0) is 4.74 Å². The van der Waals surface area contributed by atoms with Crippen molar-refractivity contribution in [2.75, 3.05) is 19.8 Å². The van der Waals surface area contributed by atoms with E-state index in [0.29, 0.717) is 24.5 Å². The summed E-state index contributed by atoms with van der Waals surface area (Å²) in [6, 6.07) is 4.91. The molecule has 1 aliphatic rings. The third-order valence-electron chi connectivity index (χ3n) is 3.17. The van der Waals surface area contributed by atoms with Gasteiger partial charge in [0.1, 0.15) is 5.60 Å². The van der Waals surface area contributed by atoms with Crippen LogP contribution in [0.2, 0.25) is 0 Å². The number of carbonyl (C=O) groups excluding carboxylic acids is 1. The Morgan fingerprint density at radius 2 is 2.40 bits per heavy atom. The van der Waals surface area contributed by atoms with E-state index < -0.39 is 11.5 Å². The second kappa shape index (κ2) is 5.10. The minimum absolute atomic E-state index is 0.120. The maximum atomic E-state index is 11.9. The third-order valence-corrected chi connectivity index (χ3v) is 3.17. The predicted octanol–water partition coefficient (Wildman–Crippen LogP) is 0.816. The smallest absolute Gasteiger partial charge is 0.273 e. The maximum absolute atomic E-state index is 11.9. The quantitative estimate of drug-likeness (QED) is 0.859. The number of ether oxygens (including phenoxy) is 1. The van der Waals surface area contributed by atoms with E-state index in [1.54, 1.807) is 12.1 Å². The second-order valence-corrected chi connectivity index (χ2v) is 4.76. The molecule has 1 atom stereocenters. The molecule has 0 aromatic carbocycles. The fraction of sp³-hybridized carbons (Fsp3) is 0.385. The van der Waals surface area contributed by atoms with Crippen LogP contribution in [0, 0.1) is 0 Å². The fourth-order valence-electron chi connectivity index (χ4n) is 1.99. The Kier molecular flexibility index (Phi) is 3.29. The first-order valence-corrected chi connectivity index (χ1v) is 6.25. The Balaban J connectivity index is 1.63. The van der Waals surface area contributed by atoms with Gasteiger partial charge in [-0.1, -0.05) is 5.16 Å². The van der Waals surface area contributed by atoms with Gasteiger partial charge in [-0.25, -0.2) is 0 Å². The number of hydrogen-bond donors (Lipinski definition) is 2. The number of hydrogen-bond acceptors (Lipinski definition) is 6. The molecule has 2 N–H and O–H groups in total. The topological polar surface area (TPSA) is 97.7 Å². The van der Waals surface area contributed by atoms with Gasteiger partial charge in [-0.3, -0.25) is 4.79 Å². The predicted molar refractivity (Wildman–Crippen MR) is 66.9 cm³/mol. The average Bonchev–Trinajstić information content (AvgIpc) is 3.16. The van der Waals surface area contributed by atoms with E-state index in [1.165, 1.54) is 12.3 Å². The van der Waals surface area contributed by atoms with Gasteiger partial charge < -0.3 is 24.1 Å². The Morgan fingerprint density at radius 1 is 1.50 bits per heavy atom. The van der Waals surface area contributed by atoms with Crippen molar-refractivity contribution in [2.45, 2.75) is 12.0 Å². The molecule has 3 rings (SSSR count). The molecule has 0 radical (unpaired) electrons. The lowest BCUT2D eigenvalue weighted by atomic mass is 10.0. The standard InChI is InChI=1S/C13H14N2O5/c16-12(14-7-13(17)3-5-18-8-13)9-6-11(20-15-9)10-2-1-4-19-10/h1-2,4,6,17H,3,5,7-8H2,(H,14,16). The van der Waals surface area contributed by atoms with Crippen molar-refractivity contribution >= 4 is 5.91 Å². The average molecular weight is 278 g/mol. The number of nitrogens with one attached hydrogen (secondary N) is 1. The number of nitrogens with zero attached hydrogens (tertiary/aromatic N) is 1. The summed E-state index contributed by atoms with van der Waals surface area (Å²) in [5.41, 5.74) is -0.859. The van der Waals surface area contributed by atoms with Crippen LogP contribution in [0.15, 0.2) is 33.4 Å². The molecule has 0 saturated carbocycles. The molecule has 0 spiro atoms. The van der Waals surface area contributed by atoms with Crippen molar-refractivity contribution in [3.8, 4) is 11.5 Å². The molecule has 20 heavy (non-hydrogen) atoms. The van der Waals surface area contributed by atoms with Crippen molar-refractivity contribution in [3.05, 3.63) is 30.2 Å². The van der Waals surface area contributed by atoms with Crippen LogP contribution in [0.3, 0.4) is 0 Å². The normalized spacial score (nSPS) is 22.1. The highest BCUT2D eigenvalue weighted by atomic mass is 16.5. The van der Waals surface area contributed by atoms with E-state index >= 15 is 0 Å². The lowest BCUT2D eigenvalue weighted by Gasteiger charge is -2.19. The highest BCUT2D eigenvalue weighted by Gasteiger charge is 2.32. The molecule has 2 aromatic rings. The summed E-state index contributed by atoms with van der Waals surface area (Å²) in [4.78, 5) is 11.9. The Bertz CT molecular complexity index is 584. The zero-order valence-corrected chi connectivity index (χ0v) is 10.7. The molecule has 3 heterocycles. The first-order valence-electron chi connectivity index (χ1n) is 6.25. The molecular formula is C13H14N2O5.